The highest BCUT2D eigenvalue weighted by molar-refractivity contribution is 6.34. The number of likely N-dealkylation sites (tertiary alicyclic amines) is 1. The van der Waals surface area contributed by atoms with Crippen LogP contribution in [0.3, 0.4) is 0 Å². The summed E-state index contributed by atoms with van der Waals surface area (Å²) in [6, 6.07) is 3.97. The minimum absolute atomic E-state index is 0.145. The predicted molar refractivity (Wildman–Crippen MR) is 119 cm³/mol. The highest BCUT2D eigenvalue weighted by Gasteiger charge is 2.57. The molecule has 0 spiro atoms. The molecule has 3 N–H and O–H groups in total. The van der Waals surface area contributed by atoms with Gasteiger partial charge in [0, 0.05) is 13.0 Å². The number of amides is 3. The van der Waals surface area contributed by atoms with Crippen molar-refractivity contribution in [1.29, 1.82) is 0 Å². The largest absolute Gasteiger partial charge is 0.394 e. The number of anilines is 1. The Morgan fingerprint density at radius 2 is 1.97 bits per heavy atom. The van der Waals surface area contributed by atoms with Crippen LogP contribution in [0.1, 0.15) is 25.8 Å². The molecule has 1 heterocycles. The molecule has 0 radical (unpaired) electrons. The zero-order valence-electron chi connectivity index (χ0n) is 18.3. The first-order valence-corrected chi connectivity index (χ1v) is 11.0. The maximum Gasteiger partial charge on any atom is 0.247 e. The van der Waals surface area contributed by atoms with Gasteiger partial charge in [0.2, 0.25) is 17.7 Å². The lowest BCUT2D eigenvalue weighted by Crippen LogP contribution is -2.50. The quantitative estimate of drug-likeness (QED) is 0.583. The van der Waals surface area contributed by atoms with Crippen molar-refractivity contribution in [3.63, 3.8) is 0 Å². The number of hydrogen-bond donors (Lipinski definition) is 3. The summed E-state index contributed by atoms with van der Waals surface area (Å²) in [6.07, 6.45) is 4.26. The first-order chi connectivity index (χ1) is 14.8. The van der Waals surface area contributed by atoms with E-state index in [2.05, 4.69) is 10.6 Å². The Morgan fingerprint density at radius 3 is 2.55 bits per heavy atom. The van der Waals surface area contributed by atoms with Gasteiger partial charge in [-0.05, 0) is 30.9 Å². The van der Waals surface area contributed by atoms with Gasteiger partial charge in [0.1, 0.15) is 6.04 Å². The van der Waals surface area contributed by atoms with E-state index in [0.717, 1.165) is 5.56 Å². The summed E-state index contributed by atoms with van der Waals surface area (Å²) in [7, 11) is 1.55. The van der Waals surface area contributed by atoms with Crippen LogP contribution in [0, 0.1) is 30.6 Å². The van der Waals surface area contributed by atoms with E-state index in [4.69, 9.17) is 11.6 Å². The molecule has 8 heteroatoms. The topological polar surface area (TPSA) is 98.7 Å². The van der Waals surface area contributed by atoms with Gasteiger partial charge in [0.15, 0.2) is 0 Å². The van der Waals surface area contributed by atoms with Crippen LogP contribution >= 0.6 is 11.6 Å². The number of rotatable bonds is 6. The Balaban J connectivity index is 2.05. The van der Waals surface area contributed by atoms with E-state index >= 15 is 0 Å². The average Bonchev–Trinajstić information content (AvgIpc) is 3.04. The van der Waals surface area contributed by atoms with E-state index < -0.39 is 29.8 Å². The maximum atomic E-state index is 13.6. The molecule has 168 valence electrons. The molecule has 1 aromatic carbocycles. The SMILES string of the molecule is CC[C@@H](CO)N1C(=O)[C@@H]2[C@H](C=C[C@@H](C)[C@H]2C(=O)NC)[C@H]1C(=O)Nc1c(C)cccc1Cl. The number of nitrogens with zero attached hydrogens (tertiary/aromatic N) is 1. The molecule has 1 fully saturated rings. The van der Waals surface area contributed by atoms with E-state index in [0.29, 0.717) is 17.1 Å². The molecule has 2 aliphatic rings. The van der Waals surface area contributed by atoms with Gasteiger partial charge in [-0.3, -0.25) is 14.4 Å². The third kappa shape index (κ3) is 4.08. The van der Waals surface area contributed by atoms with Crippen molar-refractivity contribution in [2.75, 3.05) is 19.0 Å². The highest BCUT2D eigenvalue weighted by atomic mass is 35.5. The molecule has 0 saturated carbocycles. The number of hydrogen-bond acceptors (Lipinski definition) is 4. The Labute approximate surface area is 187 Å². The summed E-state index contributed by atoms with van der Waals surface area (Å²) < 4.78 is 0. The third-order valence-corrected chi connectivity index (χ3v) is 6.89. The number of aliphatic hydroxyl groups excluding tert-OH is 1. The van der Waals surface area contributed by atoms with Crippen molar-refractivity contribution in [3.8, 4) is 0 Å². The van der Waals surface area contributed by atoms with Gasteiger partial charge in [-0.25, -0.2) is 0 Å². The van der Waals surface area contributed by atoms with Crippen LogP contribution in [0.2, 0.25) is 5.02 Å². The zero-order chi connectivity index (χ0) is 22.9. The molecule has 6 atom stereocenters. The highest BCUT2D eigenvalue weighted by Crippen LogP contribution is 2.45. The molecule has 0 bridgehead atoms. The lowest BCUT2D eigenvalue weighted by Gasteiger charge is -2.33. The number of nitrogens with one attached hydrogen (secondary N) is 2. The molecule has 7 nitrogen and oxygen atoms in total. The van der Waals surface area contributed by atoms with Crippen LogP contribution in [-0.4, -0.2) is 53.5 Å². The van der Waals surface area contributed by atoms with E-state index in [9.17, 15) is 19.5 Å². The Morgan fingerprint density at radius 1 is 1.26 bits per heavy atom. The first kappa shape index (κ1) is 23.3. The van der Waals surface area contributed by atoms with Crippen molar-refractivity contribution in [2.24, 2.45) is 23.7 Å². The fourth-order valence-corrected chi connectivity index (χ4v) is 5.17. The van der Waals surface area contributed by atoms with Gasteiger partial charge in [-0.1, -0.05) is 49.7 Å². The van der Waals surface area contributed by atoms with Gasteiger partial charge in [0.05, 0.1) is 35.2 Å². The van der Waals surface area contributed by atoms with Gasteiger partial charge >= 0.3 is 0 Å². The van der Waals surface area contributed by atoms with Gasteiger partial charge in [-0.2, -0.15) is 0 Å². The summed E-state index contributed by atoms with van der Waals surface area (Å²) in [5.41, 5.74) is 1.30. The van der Waals surface area contributed by atoms with Crippen molar-refractivity contribution in [3.05, 3.63) is 40.9 Å². The summed E-state index contributed by atoms with van der Waals surface area (Å²) in [4.78, 5) is 41.2. The lowest BCUT2D eigenvalue weighted by atomic mass is 9.70. The Hall–Kier alpha value is -2.38. The molecule has 0 unspecified atom stereocenters. The predicted octanol–water partition coefficient (Wildman–Crippen LogP) is 2.37. The van der Waals surface area contributed by atoms with Crippen molar-refractivity contribution >= 4 is 35.0 Å². The van der Waals surface area contributed by atoms with Crippen molar-refractivity contribution < 1.29 is 19.5 Å². The van der Waals surface area contributed by atoms with Crippen LogP contribution < -0.4 is 10.6 Å². The standard InChI is InChI=1S/C23H30ClN3O4/c1-5-14(11-28)27-20(22(30)26-19-13(3)7-6-8-16(19)24)15-10-9-12(2)17(21(29)25-4)18(15)23(27)31/h6-10,12,14-15,17-18,20,28H,5,11H2,1-4H3,(H,25,29)(H,26,30)/t12-,14+,15+,17-,18-,20+/m1/s1. The minimum Gasteiger partial charge on any atom is -0.394 e. The van der Waals surface area contributed by atoms with Crippen LogP contribution in [0.15, 0.2) is 30.4 Å². The molecular weight excluding hydrogens is 418 g/mol. The summed E-state index contributed by atoms with van der Waals surface area (Å²) in [5.74, 6) is -2.73. The zero-order valence-corrected chi connectivity index (χ0v) is 19.0. The monoisotopic (exact) mass is 447 g/mol. The van der Waals surface area contributed by atoms with Gasteiger partial charge in [-0.15, -0.1) is 0 Å². The van der Waals surface area contributed by atoms with Crippen LogP contribution in [0.5, 0.6) is 0 Å². The molecule has 1 aliphatic heterocycles. The summed E-state index contributed by atoms with van der Waals surface area (Å²) >= 11 is 6.30. The number of fused-ring (bicyclic) bond motifs is 1. The number of carbonyl (C=O) groups is 3. The minimum atomic E-state index is -0.846. The molecule has 3 amide bonds. The Bertz CT molecular complexity index is 879. The van der Waals surface area contributed by atoms with Crippen LogP contribution in [0.25, 0.3) is 0 Å². The second-order valence-electron chi connectivity index (χ2n) is 8.34. The number of aliphatic hydroxyl groups is 1. The smallest absolute Gasteiger partial charge is 0.247 e. The van der Waals surface area contributed by atoms with Crippen molar-refractivity contribution in [2.45, 2.75) is 39.3 Å². The van der Waals surface area contributed by atoms with Gasteiger partial charge < -0.3 is 20.6 Å². The number of halogens is 1. The van der Waals surface area contributed by atoms with Crippen molar-refractivity contribution in [1.82, 2.24) is 10.2 Å². The summed E-state index contributed by atoms with van der Waals surface area (Å²) in [6.45, 7) is 5.33. The van der Waals surface area contributed by atoms with E-state index in [1.165, 1.54) is 4.90 Å². The second kappa shape index (κ2) is 9.40. The molecule has 1 saturated heterocycles. The molecule has 3 rings (SSSR count). The fraction of sp³-hybridized carbons (Fsp3) is 0.522. The third-order valence-electron chi connectivity index (χ3n) is 6.57. The van der Waals surface area contributed by atoms with Crippen LogP contribution in [-0.2, 0) is 14.4 Å². The van der Waals surface area contributed by atoms with Gasteiger partial charge in [0.25, 0.3) is 0 Å². The molecule has 31 heavy (non-hydrogen) atoms. The molecule has 1 aromatic rings. The van der Waals surface area contributed by atoms with E-state index in [1.54, 1.807) is 19.2 Å². The second-order valence-corrected chi connectivity index (χ2v) is 8.75. The number of carbonyl (C=O) groups excluding carboxylic acids is 3. The number of aryl methyl sites for hydroxylation is 1. The van der Waals surface area contributed by atoms with E-state index in [1.807, 2.05) is 39.0 Å². The molecular formula is C23H30ClN3O4. The normalized spacial score (nSPS) is 28.3. The molecule has 0 aromatic heterocycles. The molecule has 1 aliphatic carbocycles. The summed E-state index contributed by atoms with van der Waals surface area (Å²) in [5, 5.41) is 15.9. The Kier molecular flexibility index (Phi) is 7.06. The maximum absolute atomic E-state index is 13.6. The fourth-order valence-electron chi connectivity index (χ4n) is 4.90. The first-order valence-electron chi connectivity index (χ1n) is 10.7. The van der Waals surface area contributed by atoms with Crippen LogP contribution in [0.4, 0.5) is 5.69 Å². The number of para-hydroxylation sites is 1. The lowest BCUT2D eigenvalue weighted by molar-refractivity contribution is -0.142. The number of allylic oxidation sites excluding steroid dienone is 1. The average molecular weight is 448 g/mol. The number of benzene rings is 1. The van der Waals surface area contributed by atoms with E-state index in [-0.39, 0.29) is 30.2 Å².